The van der Waals surface area contributed by atoms with Crippen molar-refractivity contribution >= 4 is 11.6 Å². The first-order valence-electron chi connectivity index (χ1n) is 5.83. The van der Waals surface area contributed by atoms with Crippen LogP contribution in [0.5, 0.6) is 0 Å². The van der Waals surface area contributed by atoms with E-state index in [-0.39, 0.29) is 0 Å². The lowest BCUT2D eigenvalue weighted by atomic mass is 10.1. The van der Waals surface area contributed by atoms with Gasteiger partial charge < -0.3 is 4.57 Å². The van der Waals surface area contributed by atoms with Crippen molar-refractivity contribution in [1.29, 1.82) is 0 Å². The van der Waals surface area contributed by atoms with E-state index in [9.17, 15) is 0 Å². The smallest absolute Gasteiger partial charge is 0.0646 e. The summed E-state index contributed by atoms with van der Waals surface area (Å²) in [6.07, 6.45) is 4.13. The van der Waals surface area contributed by atoms with Crippen molar-refractivity contribution < 1.29 is 0 Å². The molecule has 88 valence electrons. The summed E-state index contributed by atoms with van der Waals surface area (Å²) >= 11 is 6.19. The van der Waals surface area contributed by atoms with E-state index in [0.29, 0.717) is 0 Å². The van der Waals surface area contributed by atoms with Crippen LogP contribution in [-0.2, 0) is 0 Å². The summed E-state index contributed by atoms with van der Waals surface area (Å²) in [7, 11) is 0. The van der Waals surface area contributed by atoms with E-state index in [1.807, 2.05) is 53.2 Å². The molecule has 0 aliphatic rings. The summed E-state index contributed by atoms with van der Waals surface area (Å²) in [5.41, 5.74) is 3.40. The normalized spacial score (nSPS) is 10.5. The van der Waals surface area contributed by atoms with E-state index in [4.69, 9.17) is 11.6 Å². The molecule has 0 N–H and O–H groups in total. The number of halogens is 1. The van der Waals surface area contributed by atoms with Crippen LogP contribution in [0.1, 0.15) is 0 Å². The lowest BCUT2D eigenvalue weighted by Gasteiger charge is -2.04. The van der Waals surface area contributed by atoms with Crippen LogP contribution in [0.25, 0.3) is 16.8 Å². The molecule has 2 heteroatoms. The Bertz CT molecular complexity index is 656. The molecule has 2 aromatic carbocycles. The first kappa shape index (κ1) is 11.1. The minimum atomic E-state index is 0.757. The van der Waals surface area contributed by atoms with Crippen LogP contribution in [0.4, 0.5) is 0 Å². The van der Waals surface area contributed by atoms with Gasteiger partial charge in [0.1, 0.15) is 0 Å². The fraction of sp³-hybridized carbons (Fsp3) is 0. The Kier molecular flexibility index (Phi) is 2.91. The van der Waals surface area contributed by atoms with Crippen LogP contribution in [0.15, 0.2) is 73.1 Å². The Morgan fingerprint density at radius 3 is 2.22 bits per heavy atom. The van der Waals surface area contributed by atoms with Gasteiger partial charge in [-0.2, -0.15) is 0 Å². The molecule has 1 heterocycles. The van der Waals surface area contributed by atoms with Crippen LogP contribution >= 0.6 is 11.6 Å². The number of rotatable bonds is 2. The molecule has 0 fully saturated rings. The highest BCUT2D eigenvalue weighted by Gasteiger charge is 2.03. The van der Waals surface area contributed by atoms with Gasteiger partial charge in [0.25, 0.3) is 0 Å². The maximum absolute atomic E-state index is 6.19. The lowest BCUT2D eigenvalue weighted by molar-refractivity contribution is 1.08. The Labute approximate surface area is 111 Å². The zero-order chi connectivity index (χ0) is 12.4. The van der Waals surface area contributed by atoms with Gasteiger partial charge >= 0.3 is 0 Å². The molecule has 0 aliphatic heterocycles. The van der Waals surface area contributed by atoms with Gasteiger partial charge in [-0.3, -0.25) is 0 Å². The first-order valence-corrected chi connectivity index (χ1v) is 6.21. The average Bonchev–Trinajstić information content (AvgIpc) is 2.90. The summed E-state index contributed by atoms with van der Waals surface area (Å²) in [5.74, 6) is 0. The van der Waals surface area contributed by atoms with Crippen LogP contribution in [0.2, 0.25) is 5.02 Å². The second-order valence-electron chi connectivity index (χ2n) is 4.12. The fourth-order valence-corrected chi connectivity index (χ4v) is 2.24. The molecule has 0 saturated carbocycles. The Morgan fingerprint density at radius 2 is 1.44 bits per heavy atom. The van der Waals surface area contributed by atoms with E-state index in [1.54, 1.807) is 0 Å². The summed E-state index contributed by atoms with van der Waals surface area (Å²) in [6.45, 7) is 0. The van der Waals surface area contributed by atoms with Gasteiger partial charge in [0.2, 0.25) is 0 Å². The lowest BCUT2D eigenvalue weighted by Crippen LogP contribution is -1.89. The van der Waals surface area contributed by atoms with Crippen LogP contribution in [0, 0.1) is 0 Å². The summed E-state index contributed by atoms with van der Waals surface area (Å²) in [6, 6.07) is 20.3. The van der Waals surface area contributed by atoms with Crippen molar-refractivity contribution in [3.8, 4) is 16.8 Å². The maximum atomic E-state index is 6.19. The van der Waals surface area contributed by atoms with Crippen molar-refractivity contribution in [2.45, 2.75) is 0 Å². The Hall–Kier alpha value is -1.99. The predicted molar refractivity (Wildman–Crippen MR) is 76.2 cm³/mol. The number of benzene rings is 2. The molecule has 1 aromatic heterocycles. The van der Waals surface area contributed by atoms with Crippen molar-refractivity contribution in [3.05, 3.63) is 78.1 Å². The van der Waals surface area contributed by atoms with E-state index in [0.717, 1.165) is 10.7 Å². The largest absolute Gasteiger partial charge is 0.322 e. The maximum Gasteiger partial charge on any atom is 0.0646 e. The van der Waals surface area contributed by atoms with Gasteiger partial charge in [0.15, 0.2) is 0 Å². The second kappa shape index (κ2) is 4.71. The van der Waals surface area contributed by atoms with E-state index in [2.05, 4.69) is 24.4 Å². The van der Waals surface area contributed by atoms with Crippen molar-refractivity contribution in [3.63, 3.8) is 0 Å². The zero-order valence-electron chi connectivity index (χ0n) is 9.75. The third kappa shape index (κ3) is 2.05. The zero-order valence-corrected chi connectivity index (χ0v) is 10.5. The van der Waals surface area contributed by atoms with E-state index < -0.39 is 0 Å². The van der Waals surface area contributed by atoms with Crippen LogP contribution < -0.4 is 0 Å². The minimum absolute atomic E-state index is 0.757. The molecule has 3 aromatic rings. The Balaban J connectivity index is 2.03. The summed E-state index contributed by atoms with van der Waals surface area (Å²) in [4.78, 5) is 0. The van der Waals surface area contributed by atoms with Gasteiger partial charge in [0.05, 0.1) is 10.7 Å². The number of aromatic nitrogens is 1. The second-order valence-corrected chi connectivity index (χ2v) is 4.53. The molecule has 0 radical (unpaired) electrons. The Morgan fingerprint density at radius 1 is 0.722 bits per heavy atom. The molecule has 0 atom stereocenters. The highest BCUT2D eigenvalue weighted by Crippen LogP contribution is 2.24. The molecule has 0 aliphatic carbocycles. The van der Waals surface area contributed by atoms with Crippen LogP contribution in [-0.4, -0.2) is 4.57 Å². The van der Waals surface area contributed by atoms with Gasteiger partial charge in [-0.15, -0.1) is 0 Å². The first-order chi connectivity index (χ1) is 8.84. The van der Waals surface area contributed by atoms with Gasteiger partial charge in [-0.25, -0.2) is 0 Å². The van der Waals surface area contributed by atoms with E-state index >= 15 is 0 Å². The SMILES string of the molecule is Clc1ccccc1-n1ccc(-c2ccccc2)c1. The molecule has 0 bridgehead atoms. The van der Waals surface area contributed by atoms with Gasteiger partial charge in [-0.1, -0.05) is 54.1 Å². The minimum Gasteiger partial charge on any atom is -0.322 e. The van der Waals surface area contributed by atoms with Crippen LogP contribution in [0.3, 0.4) is 0 Å². The number of para-hydroxylation sites is 1. The molecule has 3 rings (SSSR count). The molecule has 0 saturated heterocycles. The van der Waals surface area contributed by atoms with Gasteiger partial charge in [-0.05, 0) is 29.3 Å². The predicted octanol–water partition coefficient (Wildman–Crippen LogP) is 4.80. The molecule has 18 heavy (non-hydrogen) atoms. The fourth-order valence-electron chi connectivity index (χ4n) is 2.01. The summed E-state index contributed by atoms with van der Waals surface area (Å²) < 4.78 is 2.05. The molecule has 0 amide bonds. The van der Waals surface area contributed by atoms with Crippen molar-refractivity contribution in [1.82, 2.24) is 4.57 Å². The highest BCUT2D eigenvalue weighted by atomic mass is 35.5. The van der Waals surface area contributed by atoms with Gasteiger partial charge in [0, 0.05) is 12.4 Å². The quantitative estimate of drug-likeness (QED) is 0.618. The topological polar surface area (TPSA) is 4.93 Å². The van der Waals surface area contributed by atoms with E-state index in [1.165, 1.54) is 11.1 Å². The molecular weight excluding hydrogens is 242 g/mol. The molecular formula is C16H12ClN. The van der Waals surface area contributed by atoms with Crippen molar-refractivity contribution in [2.24, 2.45) is 0 Å². The number of hydrogen-bond donors (Lipinski definition) is 0. The molecule has 0 unspecified atom stereocenters. The summed E-state index contributed by atoms with van der Waals surface area (Å²) in [5, 5.41) is 0.757. The third-order valence-electron chi connectivity index (χ3n) is 2.93. The molecule has 0 spiro atoms. The number of hydrogen-bond acceptors (Lipinski definition) is 0. The average molecular weight is 254 g/mol. The third-order valence-corrected chi connectivity index (χ3v) is 3.25. The highest BCUT2D eigenvalue weighted by molar-refractivity contribution is 6.32. The monoisotopic (exact) mass is 253 g/mol. The molecule has 1 nitrogen and oxygen atoms in total. The van der Waals surface area contributed by atoms with Crippen molar-refractivity contribution in [2.75, 3.05) is 0 Å². The standard InChI is InChI=1S/C16H12ClN/c17-15-8-4-5-9-16(15)18-11-10-14(12-18)13-6-2-1-3-7-13/h1-12H. The number of nitrogens with zero attached hydrogens (tertiary/aromatic N) is 1.